The molecule has 4 nitrogen and oxygen atoms in total. The van der Waals surface area contributed by atoms with Gasteiger partial charge in [0.15, 0.2) is 0 Å². The number of fused-ring (bicyclic) bond motifs is 1. The lowest BCUT2D eigenvalue weighted by Crippen LogP contribution is -2.55. The third-order valence-corrected chi connectivity index (χ3v) is 4.76. The molecule has 0 amide bonds. The van der Waals surface area contributed by atoms with Crippen LogP contribution in [0.25, 0.3) is 11.0 Å². The molecule has 0 bridgehead atoms. The summed E-state index contributed by atoms with van der Waals surface area (Å²) in [5.41, 5.74) is 0.126. The third kappa shape index (κ3) is 2.97. The predicted octanol–water partition coefficient (Wildman–Crippen LogP) is 3.24. The van der Waals surface area contributed by atoms with E-state index in [1.54, 1.807) is 12.1 Å². The molecule has 0 saturated carbocycles. The minimum absolute atomic E-state index is 0.142. The van der Waals surface area contributed by atoms with Crippen LogP contribution in [0.5, 0.6) is 0 Å². The lowest BCUT2D eigenvalue weighted by Gasteiger charge is -2.40. The Morgan fingerprint density at radius 2 is 1.82 bits per heavy atom. The Labute approximate surface area is 130 Å². The summed E-state index contributed by atoms with van der Waals surface area (Å²) in [5.74, 6) is -0.142. The van der Waals surface area contributed by atoms with E-state index in [0.717, 1.165) is 18.5 Å². The Kier molecular flexibility index (Phi) is 4.81. The normalized spacial score (nSPS) is 12.0. The number of Topliss-reactive ketones (excluding diaryl/α,β-unsaturated/α-hetero) is 1. The molecule has 2 rings (SSSR count). The molecule has 0 aliphatic carbocycles. The number of benzene rings is 1. The van der Waals surface area contributed by atoms with Gasteiger partial charge in [-0.15, -0.1) is 0 Å². The first kappa shape index (κ1) is 16.4. The molecule has 4 heteroatoms. The van der Waals surface area contributed by atoms with Crippen molar-refractivity contribution in [2.24, 2.45) is 0 Å². The minimum atomic E-state index is -0.544. The zero-order valence-corrected chi connectivity index (χ0v) is 13.8. The first-order chi connectivity index (χ1) is 10.4. The molecule has 0 spiro atoms. The molecule has 0 aliphatic heterocycles. The van der Waals surface area contributed by atoms with Crippen molar-refractivity contribution in [1.29, 1.82) is 0 Å². The van der Waals surface area contributed by atoms with Gasteiger partial charge in [-0.3, -0.25) is 4.79 Å². The molecular formula is C18H24NO3+. The highest BCUT2D eigenvalue weighted by Gasteiger charge is 2.32. The van der Waals surface area contributed by atoms with Gasteiger partial charge in [0.1, 0.15) is 17.7 Å². The van der Waals surface area contributed by atoms with Crippen molar-refractivity contribution in [3.63, 3.8) is 0 Å². The van der Waals surface area contributed by atoms with Crippen LogP contribution < -0.4 is 5.63 Å². The molecule has 0 aliphatic rings. The van der Waals surface area contributed by atoms with Crippen LogP contribution in [0.3, 0.4) is 0 Å². The Balaban J connectivity index is 2.41. The third-order valence-electron chi connectivity index (χ3n) is 4.76. The molecule has 0 atom stereocenters. The first-order valence-electron chi connectivity index (χ1n) is 7.85. The zero-order valence-electron chi connectivity index (χ0n) is 13.8. The smallest absolute Gasteiger partial charge is 0.347 e. The molecule has 0 radical (unpaired) electrons. The zero-order chi connectivity index (χ0) is 16.3. The highest BCUT2D eigenvalue weighted by molar-refractivity contribution is 5.99. The maximum atomic E-state index is 12.7. The minimum Gasteiger partial charge on any atom is -0.422 e. The molecule has 1 aromatic heterocycles. The van der Waals surface area contributed by atoms with E-state index in [-0.39, 0.29) is 11.3 Å². The topological polar surface area (TPSA) is 47.3 Å². The number of hydrogen-bond acceptors (Lipinski definition) is 3. The van der Waals surface area contributed by atoms with Crippen molar-refractivity contribution in [1.82, 2.24) is 0 Å². The lowest BCUT2D eigenvalue weighted by molar-refractivity contribution is -0.937. The summed E-state index contributed by atoms with van der Waals surface area (Å²) in [4.78, 5) is 24.8. The van der Waals surface area contributed by atoms with Gasteiger partial charge in [-0.05, 0) is 39.8 Å². The molecule has 0 saturated heterocycles. The second-order valence-electron chi connectivity index (χ2n) is 6.01. The molecule has 22 heavy (non-hydrogen) atoms. The SMILES string of the molecule is CC[N+](CC)(CC(=O)c1cc2ccccc2oc1=O)C(C)C. The number of nitrogens with zero attached hydrogens (tertiary/aromatic N) is 1. The second kappa shape index (κ2) is 6.44. The standard InChI is InChI=1S/C18H24NO3/c1-5-19(6-2,13(3)4)12-16(20)15-11-14-9-7-8-10-17(14)22-18(15)21/h7-11,13H,5-6,12H2,1-4H3/q+1. The van der Waals surface area contributed by atoms with E-state index in [1.807, 2.05) is 18.2 Å². The summed E-state index contributed by atoms with van der Waals surface area (Å²) < 4.78 is 5.94. The van der Waals surface area contributed by atoms with E-state index in [4.69, 9.17) is 4.42 Å². The van der Waals surface area contributed by atoms with Crippen molar-refractivity contribution < 1.29 is 13.7 Å². The van der Waals surface area contributed by atoms with Gasteiger partial charge in [0, 0.05) is 5.39 Å². The predicted molar refractivity (Wildman–Crippen MR) is 88.2 cm³/mol. The molecule has 118 valence electrons. The number of quaternary nitrogens is 1. The van der Waals surface area contributed by atoms with Crippen molar-refractivity contribution in [2.45, 2.75) is 33.7 Å². The van der Waals surface area contributed by atoms with Crippen LogP contribution >= 0.6 is 0 Å². The van der Waals surface area contributed by atoms with E-state index < -0.39 is 5.63 Å². The monoisotopic (exact) mass is 302 g/mol. The summed E-state index contributed by atoms with van der Waals surface area (Å²) in [6, 6.07) is 9.23. The van der Waals surface area contributed by atoms with Gasteiger partial charge in [-0.2, -0.15) is 0 Å². The lowest BCUT2D eigenvalue weighted by atomic mass is 10.1. The number of para-hydroxylation sites is 1. The van der Waals surface area contributed by atoms with Crippen molar-refractivity contribution >= 4 is 16.8 Å². The van der Waals surface area contributed by atoms with Gasteiger partial charge in [-0.1, -0.05) is 18.2 Å². The van der Waals surface area contributed by atoms with E-state index in [9.17, 15) is 9.59 Å². The molecule has 0 N–H and O–H groups in total. The number of likely N-dealkylation sites (N-methyl/N-ethyl adjacent to an activating group) is 1. The summed E-state index contributed by atoms with van der Waals surface area (Å²) in [6.07, 6.45) is 0. The Morgan fingerprint density at radius 3 is 2.41 bits per heavy atom. The van der Waals surface area contributed by atoms with Crippen LogP contribution in [-0.2, 0) is 0 Å². The molecule has 0 fully saturated rings. The van der Waals surface area contributed by atoms with Crippen molar-refractivity contribution in [2.75, 3.05) is 19.6 Å². The molecule has 0 unspecified atom stereocenters. The highest BCUT2D eigenvalue weighted by atomic mass is 16.4. The largest absolute Gasteiger partial charge is 0.422 e. The van der Waals surface area contributed by atoms with Crippen LogP contribution in [0.4, 0.5) is 0 Å². The summed E-state index contributed by atoms with van der Waals surface area (Å²) in [6.45, 7) is 10.4. The fourth-order valence-corrected chi connectivity index (χ4v) is 2.99. The molecule has 1 aromatic carbocycles. The van der Waals surface area contributed by atoms with Gasteiger partial charge in [0.25, 0.3) is 0 Å². The average Bonchev–Trinajstić information content (AvgIpc) is 2.51. The van der Waals surface area contributed by atoms with Crippen LogP contribution in [0.2, 0.25) is 0 Å². The first-order valence-corrected chi connectivity index (χ1v) is 7.85. The fourth-order valence-electron chi connectivity index (χ4n) is 2.99. The summed E-state index contributed by atoms with van der Waals surface area (Å²) in [5, 5.41) is 0.779. The Bertz CT molecular complexity index is 726. The average molecular weight is 302 g/mol. The number of carbonyl (C=O) groups is 1. The van der Waals surface area contributed by atoms with E-state index in [2.05, 4.69) is 27.7 Å². The Hall–Kier alpha value is -1.94. The maximum Gasteiger partial charge on any atom is 0.347 e. The summed E-state index contributed by atoms with van der Waals surface area (Å²) >= 11 is 0. The van der Waals surface area contributed by atoms with Crippen LogP contribution in [0.1, 0.15) is 38.1 Å². The molecule has 1 heterocycles. The van der Waals surface area contributed by atoms with Gasteiger partial charge < -0.3 is 8.90 Å². The van der Waals surface area contributed by atoms with Gasteiger partial charge in [0.05, 0.1) is 19.1 Å². The molecule has 2 aromatic rings. The quantitative estimate of drug-likeness (QED) is 0.467. The number of hydrogen-bond donors (Lipinski definition) is 0. The Morgan fingerprint density at radius 1 is 1.18 bits per heavy atom. The summed E-state index contributed by atoms with van der Waals surface area (Å²) in [7, 11) is 0. The number of carbonyl (C=O) groups excluding carboxylic acids is 1. The number of rotatable bonds is 6. The number of ketones is 1. The van der Waals surface area contributed by atoms with Crippen LogP contribution in [0.15, 0.2) is 39.5 Å². The maximum absolute atomic E-state index is 12.7. The van der Waals surface area contributed by atoms with Gasteiger partial charge in [0.2, 0.25) is 5.78 Å². The van der Waals surface area contributed by atoms with Crippen LogP contribution in [0, 0.1) is 0 Å². The highest BCUT2D eigenvalue weighted by Crippen LogP contribution is 2.17. The van der Waals surface area contributed by atoms with E-state index in [0.29, 0.717) is 22.7 Å². The van der Waals surface area contributed by atoms with Crippen LogP contribution in [-0.4, -0.2) is 35.9 Å². The van der Waals surface area contributed by atoms with E-state index in [1.165, 1.54) is 0 Å². The van der Waals surface area contributed by atoms with Gasteiger partial charge in [-0.25, -0.2) is 4.79 Å². The molecular weight excluding hydrogens is 278 g/mol. The van der Waals surface area contributed by atoms with Gasteiger partial charge >= 0.3 is 5.63 Å². The second-order valence-corrected chi connectivity index (χ2v) is 6.01. The van der Waals surface area contributed by atoms with E-state index >= 15 is 0 Å². The van der Waals surface area contributed by atoms with Crippen molar-refractivity contribution in [3.8, 4) is 0 Å². The van der Waals surface area contributed by atoms with Crippen molar-refractivity contribution in [3.05, 3.63) is 46.3 Å². The fraction of sp³-hybridized carbons (Fsp3) is 0.444.